The Morgan fingerprint density at radius 3 is 2.66 bits per heavy atom. The molecule has 1 N–H and O–H groups in total. The molecule has 2 aromatic carbocycles. The van der Waals surface area contributed by atoms with Gasteiger partial charge in [0.25, 0.3) is 0 Å². The molecule has 0 saturated carbocycles. The number of halogens is 1. The Kier molecular flexibility index (Phi) is 6.03. The van der Waals surface area contributed by atoms with E-state index in [0.29, 0.717) is 17.2 Å². The van der Waals surface area contributed by atoms with Gasteiger partial charge in [0.2, 0.25) is 10.9 Å². The van der Waals surface area contributed by atoms with Crippen LogP contribution in [0.5, 0.6) is 5.75 Å². The van der Waals surface area contributed by atoms with E-state index in [4.69, 9.17) is 16.3 Å². The van der Waals surface area contributed by atoms with Crippen molar-refractivity contribution in [1.82, 2.24) is 14.6 Å². The number of thioether (sulfide) groups is 1. The maximum absolute atomic E-state index is 12.2. The van der Waals surface area contributed by atoms with E-state index in [0.717, 1.165) is 32.8 Å². The highest BCUT2D eigenvalue weighted by Gasteiger charge is 2.14. The average molecular weight is 445 g/mol. The number of nitrogens with zero attached hydrogens (tertiary/aromatic N) is 3. The van der Waals surface area contributed by atoms with Gasteiger partial charge in [-0.3, -0.25) is 9.20 Å². The molecular formula is C20H17ClN4O2S2. The number of carbonyl (C=O) groups is 1. The quantitative estimate of drug-likeness (QED) is 0.395. The largest absolute Gasteiger partial charge is 0.497 e. The number of methoxy groups -OCH3 is 1. The summed E-state index contributed by atoms with van der Waals surface area (Å²) in [5, 5.41) is 14.9. The second kappa shape index (κ2) is 8.86. The molecule has 0 unspecified atom stereocenters. The van der Waals surface area contributed by atoms with Crippen molar-refractivity contribution in [3.8, 4) is 17.0 Å². The van der Waals surface area contributed by atoms with Crippen LogP contribution in [0.3, 0.4) is 0 Å². The summed E-state index contributed by atoms with van der Waals surface area (Å²) in [6, 6.07) is 14.9. The van der Waals surface area contributed by atoms with E-state index in [2.05, 4.69) is 15.5 Å². The van der Waals surface area contributed by atoms with Gasteiger partial charge in [-0.15, -0.1) is 21.5 Å². The van der Waals surface area contributed by atoms with Gasteiger partial charge in [-0.1, -0.05) is 35.5 Å². The van der Waals surface area contributed by atoms with Gasteiger partial charge in [0.05, 0.1) is 12.8 Å². The van der Waals surface area contributed by atoms with Gasteiger partial charge in [0, 0.05) is 28.3 Å². The Balaban J connectivity index is 1.40. The van der Waals surface area contributed by atoms with Crippen molar-refractivity contribution in [3.05, 3.63) is 58.9 Å². The molecule has 6 nitrogen and oxygen atoms in total. The molecule has 0 aliphatic heterocycles. The Labute approximate surface area is 180 Å². The first-order chi connectivity index (χ1) is 14.1. The Morgan fingerprint density at radius 1 is 1.17 bits per heavy atom. The molecule has 4 rings (SSSR count). The van der Waals surface area contributed by atoms with E-state index in [-0.39, 0.29) is 5.91 Å². The summed E-state index contributed by atoms with van der Waals surface area (Å²) in [4.78, 5) is 13.0. The molecule has 0 aliphatic carbocycles. The van der Waals surface area contributed by atoms with Crippen LogP contribution in [-0.4, -0.2) is 33.4 Å². The first-order valence-electron chi connectivity index (χ1n) is 8.79. The monoisotopic (exact) mass is 444 g/mol. The molecule has 9 heteroatoms. The Bertz CT molecular complexity index is 1120. The van der Waals surface area contributed by atoms with Crippen LogP contribution in [0.15, 0.2) is 59.1 Å². The van der Waals surface area contributed by atoms with Gasteiger partial charge < -0.3 is 10.1 Å². The number of nitrogens with one attached hydrogen (secondary N) is 1. The molecule has 2 aromatic heterocycles. The smallest absolute Gasteiger partial charge is 0.225 e. The molecule has 0 bridgehead atoms. The summed E-state index contributed by atoms with van der Waals surface area (Å²) in [5.74, 6) is 1.30. The number of anilines is 1. The van der Waals surface area contributed by atoms with Gasteiger partial charge in [-0.05, 0) is 42.0 Å². The fraction of sp³-hybridized carbons (Fsp3) is 0.150. The third-order valence-electron chi connectivity index (χ3n) is 4.19. The number of rotatable bonds is 7. The van der Waals surface area contributed by atoms with Crippen LogP contribution >= 0.6 is 34.7 Å². The normalized spacial score (nSPS) is 11.0. The molecule has 4 aromatic rings. The molecular weight excluding hydrogens is 428 g/mol. The molecule has 0 aliphatic rings. The van der Waals surface area contributed by atoms with E-state index in [1.165, 1.54) is 23.1 Å². The van der Waals surface area contributed by atoms with Crippen molar-refractivity contribution in [3.63, 3.8) is 0 Å². The highest BCUT2D eigenvalue weighted by atomic mass is 35.5. The third-order valence-corrected chi connectivity index (χ3v) is 6.19. The van der Waals surface area contributed by atoms with Gasteiger partial charge in [0.1, 0.15) is 5.75 Å². The number of thiazole rings is 1. The van der Waals surface area contributed by atoms with E-state index in [1.54, 1.807) is 7.11 Å². The van der Waals surface area contributed by atoms with Crippen LogP contribution in [-0.2, 0) is 4.79 Å². The number of amides is 1. The van der Waals surface area contributed by atoms with Gasteiger partial charge in [-0.2, -0.15) is 0 Å². The summed E-state index contributed by atoms with van der Waals surface area (Å²) in [7, 11) is 1.61. The second-order valence-corrected chi connectivity index (χ2v) is 8.44. The second-order valence-electron chi connectivity index (χ2n) is 6.10. The van der Waals surface area contributed by atoms with E-state index in [1.807, 2.05) is 58.3 Å². The average Bonchev–Trinajstić information content (AvgIpc) is 3.32. The van der Waals surface area contributed by atoms with Crippen LogP contribution in [0.25, 0.3) is 16.2 Å². The third kappa shape index (κ3) is 4.55. The molecule has 1 amide bonds. The number of hydrogen-bond acceptors (Lipinski definition) is 6. The molecule has 0 fully saturated rings. The van der Waals surface area contributed by atoms with Crippen molar-refractivity contribution in [2.45, 2.75) is 11.6 Å². The van der Waals surface area contributed by atoms with Crippen LogP contribution < -0.4 is 10.1 Å². The van der Waals surface area contributed by atoms with E-state index >= 15 is 0 Å². The van der Waals surface area contributed by atoms with Crippen molar-refractivity contribution >= 4 is 51.3 Å². The summed E-state index contributed by atoms with van der Waals surface area (Å²) < 4.78 is 7.13. The van der Waals surface area contributed by atoms with Crippen LogP contribution in [0.4, 0.5) is 5.69 Å². The van der Waals surface area contributed by atoms with E-state index in [9.17, 15) is 4.79 Å². The molecule has 2 heterocycles. The number of ether oxygens (including phenoxy) is 1. The molecule has 29 heavy (non-hydrogen) atoms. The van der Waals surface area contributed by atoms with Crippen molar-refractivity contribution in [1.29, 1.82) is 0 Å². The van der Waals surface area contributed by atoms with Crippen molar-refractivity contribution in [2.24, 2.45) is 0 Å². The summed E-state index contributed by atoms with van der Waals surface area (Å²) in [6.45, 7) is 0. The highest BCUT2D eigenvalue weighted by Crippen LogP contribution is 2.30. The van der Waals surface area contributed by atoms with Gasteiger partial charge >= 0.3 is 0 Å². The zero-order chi connectivity index (χ0) is 20.2. The highest BCUT2D eigenvalue weighted by molar-refractivity contribution is 7.99. The first-order valence-corrected chi connectivity index (χ1v) is 11.0. The lowest BCUT2D eigenvalue weighted by atomic mass is 10.2. The lowest BCUT2D eigenvalue weighted by Gasteiger charge is -2.06. The summed E-state index contributed by atoms with van der Waals surface area (Å²) in [6.07, 6.45) is 0.367. The fourth-order valence-electron chi connectivity index (χ4n) is 2.74. The van der Waals surface area contributed by atoms with Gasteiger partial charge in [0.15, 0.2) is 5.16 Å². The molecule has 148 valence electrons. The predicted molar refractivity (Wildman–Crippen MR) is 118 cm³/mol. The number of fused-ring (bicyclic) bond motifs is 1. The zero-order valence-electron chi connectivity index (χ0n) is 15.5. The van der Waals surface area contributed by atoms with Crippen LogP contribution in [0.2, 0.25) is 5.02 Å². The number of carbonyl (C=O) groups excluding carboxylic acids is 1. The summed E-state index contributed by atoms with van der Waals surface area (Å²) >= 11 is 9.03. The fourth-order valence-corrected chi connectivity index (χ4v) is 4.65. The Morgan fingerprint density at radius 2 is 1.93 bits per heavy atom. The molecule has 0 atom stereocenters. The minimum atomic E-state index is -0.0494. The predicted octanol–water partition coefficient (Wildman–Crippen LogP) is 5.24. The topological polar surface area (TPSA) is 68.5 Å². The van der Waals surface area contributed by atoms with E-state index < -0.39 is 0 Å². The van der Waals surface area contributed by atoms with Gasteiger partial charge in [-0.25, -0.2) is 0 Å². The lowest BCUT2D eigenvalue weighted by molar-refractivity contribution is -0.115. The van der Waals surface area contributed by atoms with Crippen molar-refractivity contribution in [2.75, 3.05) is 18.2 Å². The molecule has 0 radical (unpaired) electrons. The van der Waals surface area contributed by atoms with Crippen LogP contribution in [0, 0.1) is 0 Å². The first kappa shape index (κ1) is 19.8. The summed E-state index contributed by atoms with van der Waals surface area (Å²) in [5.41, 5.74) is 2.80. The maximum Gasteiger partial charge on any atom is 0.225 e. The van der Waals surface area contributed by atoms with Crippen LogP contribution in [0.1, 0.15) is 6.42 Å². The minimum absolute atomic E-state index is 0.0494. The number of aromatic nitrogens is 3. The lowest BCUT2D eigenvalue weighted by Crippen LogP contribution is -2.12. The minimum Gasteiger partial charge on any atom is -0.497 e. The molecule has 0 spiro atoms. The molecule has 0 saturated heterocycles. The van der Waals surface area contributed by atoms with Crippen molar-refractivity contribution < 1.29 is 9.53 Å². The maximum atomic E-state index is 12.2. The SMILES string of the molecule is COc1ccc(NC(=O)CCSc2nnc3scc(-c4ccc(Cl)cc4)n23)cc1. The standard InChI is InChI=1S/C20H17ClN4O2S2/c1-27-16-8-6-15(7-9-16)22-18(26)10-11-28-19-23-24-20-25(19)17(12-29-20)13-2-4-14(21)5-3-13/h2-9,12H,10-11H2,1H3,(H,22,26). The zero-order valence-corrected chi connectivity index (χ0v) is 17.9. The number of hydrogen-bond donors (Lipinski definition) is 1. The number of benzene rings is 2. The Hall–Kier alpha value is -2.55.